The summed E-state index contributed by atoms with van der Waals surface area (Å²) in [5.74, 6) is -0.0425. The van der Waals surface area contributed by atoms with E-state index in [1.54, 1.807) is 0 Å². The van der Waals surface area contributed by atoms with Crippen LogP contribution in [0, 0.1) is 0 Å². The van der Waals surface area contributed by atoms with E-state index in [9.17, 15) is 4.79 Å². The molecule has 0 aliphatic rings. The highest BCUT2D eigenvalue weighted by molar-refractivity contribution is 9.10. The van der Waals surface area contributed by atoms with Crippen molar-refractivity contribution in [2.24, 2.45) is 0 Å². The molecule has 23 heavy (non-hydrogen) atoms. The molecule has 1 amide bonds. The van der Waals surface area contributed by atoms with Gasteiger partial charge in [-0.3, -0.25) is 4.79 Å². The molecule has 0 spiro atoms. The molecule has 0 aliphatic carbocycles. The van der Waals surface area contributed by atoms with E-state index in [1.807, 2.05) is 65.5 Å². The summed E-state index contributed by atoms with van der Waals surface area (Å²) >= 11 is 3.46. The number of carbonyl (C=O) groups excluding carboxylic acids is 1. The summed E-state index contributed by atoms with van der Waals surface area (Å²) in [5.41, 5.74) is 2.88. The average molecular weight is 368 g/mol. The number of nitrogens with one attached hydrogen (secondary N) is 2. The Labute approximate surface area is 141 Å². The minimum atomic E-state index is -0.0425. The number of H-pyrrole nitrogens is 1. The predicted molar refractivity (Wildman–Crippen MR) is 96.6 cm³/mol. The van der Waals surface area contributed by atoms with Gasteiger partial charge in [0.1, 0.15) is 6.54 Å². The van der Waals surface area contributed by atoms with Crippen LogP contribution < -0.4 is 5.32 Å². The Kier molecular flexibility index (Phi) is 3.42. The molecule has 0 saturated heterocycles. The summed E-state index contributed by atoms with van der Waals surface area (Å²) in [5, 5.41) is 5.12. The molecular weight excluding hydrogens is 354 g/mol. The van der Waals surface area contributed by atoms with Crippen LogP contribution in [-0.2, 0) is 11.3 Å². The number of nitrogens with zero attached hydrogens (tertiary/aromatic N) is 1. The third-order valence-corrected chi connectivity index (χ3v) is 4.41. The SMILES string of the molecule is O=C(Cn1ccc2cc(Br)ccc21)Nc1cccc2[nH]ccc12. The van der Waals surface area contributed by atoms with Crippen LogP contribution in [0.25, 0.3) is 21.8 Å². The largest absolute Gasteiger partial charge is 0.361 e. The minimum absolute atomic E-state index is 0.0425. The molecule has 0 saturated carbocycles. The number of aromatic nitrogens is 2. The van der Waals surface area contributed by atoms with E-state index in [1.165, 1.54) is 0 Å². The van der Waals surface area contributed by atoms with Gasteiger partial charge < -0.3 is 14.9 Å². The lowest BCUT2D eigenvalue weighted by molar-refractivity contribution is -0.116. The van der Waals surface area contributed by atoms with Gasteiger partial charge >= 0.3 is 0 Å². The molecule has 0 bridgehead atoms. The maximum absolute atomic E-state index is 12.4. The van der Waals surface area contributed by atoms with E-state index in [2.05, 4.69) is 26.2 Å². The van der Waals surface area contributed by atoms with Gasteiger partial charge in [-0.05, 0) is 42.5 Å². The fourth-order valence-electron chi connectivity index (χ4n) is 2.85. The summed E-state index contributed by atoms with van der Waals surface area (Å²) in [4.78, 5) is 15.6. The van der Waals surface area contributed by atoms with Crippen LogP contribution in [-0.4, -0.2) is 15.5 Å². The molecule has 2 aromatic heterocycles. The van der Waals surface area contributed by atoms with Crippen molar-refractivity contribution in [3.8, 4) is 0 Å². The van der Waals surface area contributed by atoms with Crippen molar-refractivity contribution < 1.29 is 4.79 Å². The number of hydrogen-bond acceptors (Lipinski definition) is 1. The van der Waals surface area contributed by atoms with Crippen LogP contribution in [0.2, 0.25) is 0 Å². The van der Waals surface area contributed by atoms with E-state index in [0.717, 1.165) is 32.0 Å². The summed E-state index contributed by atoms with van der Waals surface area (Å²) in [6.45, 7) is 0.284. The second-order valence-electron chi connectivity index (χ2n) is 5.44. The van der Waals surface area contributed by atoms with Gasteiger partial charge in [-0.15, -0.1) is 0 Å². The van der Waals surface area contributed by atoms with Crippen LogP contribution in [0.1, 0.15) is 0 Å². The van der Waals surface area contributed by atoms with E-state index >= 15 is 0 Å². The summed E-state index contributed by atoms with van der Waals surface area (Å²) < 4.78 is 2.99. The normalized spacial score (nSPS) is 11.2. The molecule has 2 aromatic carbocycles. The van der Waals surface area contributed by atoms with Crippen LogP contribution in [0.3, 0.4) is 0 Å². The van der Waals surface area contributed by atoms with Crippen molar-refractivity contribution in [3.05, 3.63) is 65.4 Å². The van der Waals surface area contributed by atoms with Crippen molar-refractivity contribution >= 4 is 49.3 Å². The van der Waals surface area contributed by atoms with E-state index in [-0.39, 0.29) is 12.5 Å². The Morgan fingerprint density at radius 2 is 2.09 bits per heavy atom. The van der Waals surface area contributed by atoms with Gasteiger partial charge in [0, 0.05) is 38.7 Å². The maximum atomic E-state index is 12.4. The topological polar surface area (TPSA) is 49.8 Å². The van der Waals surface area contributed by atoms with Gasteiger partial charge in [0.25, 0.3) is 0 Å². The van der Waals surface area contributed by atoms with Gasteiger partial charge in [-0.2, -0.15) is 0 Å². The first kappa shape index (κ1) is 14.1. The number of aromatic amines is 1. The third-order valence-electron chi connectivity index (χ3n) is 3.92. The Balaban J connectivity index is 1.59. The lowest BCUT2D eigenvalue weighted by Gasteiger charge is -2.08. The van der Waals surface area contributed by atoms with Crippen molar-refractivity contribution in [3.63, 3.8) is 0 Å². The molecule has 2 heterocycles. The number of hydrogen-bond donors (Lipinski definition) is 2. The number of amides is 1. The van der Waals surface area contributed by atoms with E-state index in [4.69, 9.17) is 0 Å². The number of anilines is 1. The summed E-state index contributed by atoms with van der Waals surface area (Å²) in [7, 11) is 0. The number of rotatable bonds is 3. The first-order valence-electron chi connectivity index (χ1n) is 7.31. The highest BCUT2D eigenvalue weighted by Crippen LogP contribution is 2.23. The van der Waals surface area contributed by atoms with Crippen molar-refractivity contribution in [1.82, 2.24) is 9.55 Å². The fourth-order valence-corrected chi connectivity index (χ4v) is 3.23. The highest BCUT2D eigenvalue weighted by Gasteiger charge is 2.09. The number of halogens is 1. The molecule has 0 atom stereocenters. The maximum Gasteiger partial charge on any atom is 0.244 e. The zero-order valence-electron chi connectivity index (χ0n) is 12.2. The molecule has 0 radical (unpaired) electrons. The van der Waals surface area contributed by atoms with Gasteiger partial charge in [0.2, 0.25) is 5.91 Å². The molecule has 0 unspecified atom stereocenters. The fraction of sp³-hybridized carbons (Fsp3) is 0.0556. The van der Waals surface area contributed by atoms with Crippen LogP contribution in [0.5, 0.6) is 0 Å². The first-order chi connectivity index (χ1) is 11.2. The second-order valence-corrected chi connectivity index (χ2v) is 6.36. The van der Waals surface area contributed by atoms with Crippen molar-refractivity contribution in [2.45, 2.75) is 6.54 Å². The molecule has 2 N–H and O–H groups in total. The van der Waals surface area contributed by atoms with Gasteiger partial charge in [0.05, 0.1) is 5.69 Å². The zero-order valence-corrected chi connectivity index (χ0v) is 13.8. The Morgan fingerprint density at radius 1 is 1.17 bits per heavy atom. The molecular formula is C18H14BrN3O. The Morgan fingerprint density at radius 3 is 3.00 bits per heavy atom. The first-order valence-corrected chi connectivity index (χ1v) is 8.10. The quantitative estimate of drug-likeness (QED) is 0.549. The molecule has 0 fully saturated rings. The Bertz CT molecular complexity index is 1020. The van der Waals surface area contributed by atoms with Crippen LogP contribution in [0.15, 0.2) is 65.4 Å². The molecule has 4 nitrogen and oxygen atoms in total. The number of fused-ring (bicyclic) bond motifs is 2. The summed E-state index contributed by atoms with van der Waals surface area (Å²) in [6.07, 6.45) is 3.81. The molecule has 4 rings (SSSR count). The van der Waals surface area contributed by atoms with Crippen LogP contribution in [0.4, 0.5) is 5.69 Å². The van der Waals surface area contributed by atoms with Crippen LogP contribution >= 0.6 is 15.9 Å². The average Bonchev–Trinajstić information content (AvgIpc) is 3.15. The standard InChI is InChI=1S/C18H14BrN3O/c19-13-4-5-17-12(10-13)7-9-22(17)11-18(23)21-16-3-1-2-15-14(16)6-8-20-15/h1-10,20H,11H2,(H,21,23). The van der Waals surface area contributed by atoms with Crippen molar-refractivity contribution in [1.29, 1.82) is 0 Å². The molecule has 0 aliphatic heterocycles. The smallest absolute Gasteiger partial charge is 0.244 e. The lowest BCUT2D eigenvalue weighted by Crippen LogP contribution is -2.18. The summed E-state index contributed by atoms with van der Waals surface area (Å²) in [6, 6.07) is 15.9. The molecule has 4 aromatic rings. The predicted octanol–water partition coefficient (Wildman–Crippen LogP) is 4.52. The number of benzene rings is 2. The highest BCUT2D eigenvalue weighted by atomic mass is 79.9. The van der Waals surface area contributed by atoms with E-state index < -0.39 is 0 Å². The Hall–Kier alpha value is -2.53. The number of carbonyl (C=O) groups is 1. The zero-order chi connectivity index (χ0) is 15.8. The molecule has 5 heteroatoms. The second kappa shape index (κ2) is 5.59. The third kappa shape index (κ3) is 2.64. The van der Waals surface area contributed by atoms with Gasteiger partial charge in [0.15, 0.2) is 0 Å². The monoisotopic (exact) mass is 367 g/mol. The van der Waals surface area contributed by atoms with E-state index in [0.29, 0.717) is 0 Å². The lowest BCUT2D eigenvalue weighted by atomic mass is 10.2. The minimum Gasteiger partial charge on any atom is -0.361 e. The van der Waals surface area contributed by atoms with Crippen molar-refractivity contribution in [2.75, 3.05) is 5.32 Å². The van der Waals surface area contributed by atoms with Gasteiger partial charge in [-0.1, -0.05) is 22.0 Å². The molecule has 114 valence electrons. The van der Waals surface area contributed by atoms with Gasteiger partial charge in [-0.25, -0.2) is 0 Å².